The molecule has 0 fully saturated rings. The maximum atomic E-state index is 6.51. The zero-order valence-corrected chi connectivity index (χ0v) is 27.0. The summed E-state index contributed by atoms with van der Waals surface area (Å²) in [5.41, 5.74) is 10.6. The van der Waals surface area contributed by atoms with Gasteiger partial charge in [0.2, 0.25) is 0 Å². The summed E-state index contributed by atoms with van der Waals surface area (Å²) in [6, 6.07) is 61.1. The summed E-state index contributed by atoms with van der Waals surface area (Å²) in [5.74, 6) is 0. The van der Waals surface area contributed by atoms with Crippen molar-refractivity contribution in [3.8, 4) is 33.4 Å². The number of furan rings is 2. The predicted molar refractivity (Wildman–Crippen MR) is 210 cm³/mol. The summed E-state index contributed by atoms with van der Waals surface area (Å²) in [4.78, 5) is 0. The summed E-state index contributed by atoms with van der Waals surface area (Å²) >= 11 is 0. The number of fused-ring (bicyclic) bond motifs is 10. The Labute approximate surface area is 287 Å². The summed E-state index contributed by atoms with van der Waals surface area (Å²) in [7, 11) is 0. The van der Waals surface area contributed by atoms with Gasteiger partial charge in [-0.15, -0.1) is 0 Å². The van der Waals surface area contributed by atoms with Gasteiger partial charge < -0.3 is 8.83 Å². The van der Waals surface area contributed by atoms with E-state index in [9.17, 15) is 0 Å². The van der Waals surface area contributed by atoms with Gasteiger partial charge in [-0.2, -0.15) is 0 Å². The molecule has 0 spiro atoms. The Balaban J connectivity index is 1.11. The third kappa shape index (κ3) is 3.90. The highest BCUT2D eigenvalue weighted by Crippen LogP contribution is 2.46. The molecule has 11 aromatic rings. The van der Waals surface area contributed by atoms with Gasteiger partial charge in [0.15, 0.2) is 11.2 Å². The molecule has 0 aliphatic rings. The van der Waals surface area contributed by atoms with Gasteiger partial charge in [0.1, 0.15) is 11.2 Å². The molecule has 2 nitrogen and oxygen atoms in total. The molecule has 2 heterocycles. The Morgan fingerprint density at radius 3 is 1.44 bits per heavy atom. The molecule has 0 bridgehead atoms. The summed E-state index contributed by atoms with van der Waals surface area (Å²) in [6.07, 6.45) is 0. The van der Waals surface area contributed by atoms with Crippen molar-refractivity contribution in [3.05, 3.63) is 170 Å². The number of benzene rings is 9. The number of para-hydroxylation sites is 1. The first kappa shape index (κ1) is 27.3. The van der Waals surface area contributed by atoms with Crippen molar-refractivity contribution in [2.75, 3.05) is 0 Å². The Kier molecular flexibility index (Phi) is 5.70. The Morgan fingerprint density at radius 1 is 0.280 bits per heavy atom. The zero-order valence-electron chi connectivity index (χ0n) is 27.0. The molecular weight excluding hydrogens is 609 g/mol. The summed E-state index contributed by atoms with van der Waals surface area (Å²) in [6.45, 7) is 0. The van der Waals surface area contributed by atoms with E-state index in [-0.39, 0.29) is 0 Å². The van der Waals surface area contributed by atoms with Crippen LogP contribution in [0, 0.1) is 0 Å². The van der Waals surface area contributed by atoms with E-state index >= 15 is 0 Å². The minimum absolute atomic E-state index is 0.794. The normalized spacial score (nSPS) is 12.0. The Hall–Kier alpha value is -6.64. The minimum atomic E-state index is 0.794. The van der Waals surface area contributed by atoms with E-state index in [0.29, 0.717) is 0 Å². The fourth-order valence-electron chi connectivity index (χ4n) is 8.22. The first-order valence-corrected chi connectivity index (χ1v) is 17.1. The lowest BCUT2D eigenvalue weighted by Crippen LogP contribution is -1.91. The standard InChI is InChI=1S/C48H28O2/c1-2-12-33-29(10-1)11-9-18-34(33)30-20-22-31(23-21-30)45-36-14-3-5-16-38(36)46(39-17-6-4-15-37(39)45)32-24-27-44-42(28-32)41-26-25-40-35-13-7-8-19-43(35)49-47(40)48(41)50-44/h1-28H. The lowest BCUT2D eigenvalue weighted by molar-refractivity contribution is 0.633. The van der Waals surface area contributed by atoms with E-state index in [1.165, 1.54) is 60.1 Å². The van der Waals surface area contributed by atoms with Crippen LogP contribution in [0.1, 0.15) is 0 Å². The van der Waals surface area contributed by atoms with Crippen molar-refractivity contribution in [2.45, 2.75) is 0 Å². The lowest BCUT2D eigenvalue weighted by Gasteiger charge is -2.18. The molecule has 9 aromatic carbocycles. The quantitative estimate of drug-likeness (QED) is 0.180. The molecule has 0 aliphatic carbocycles. The third-order valence-electron chi connectivity index (χ3n) is 10.5. The van der Waals surface area contributed by atoms with Crippen molar-refractivity contribution in [1.82, 2.24) is 0 Å². The average Bonchev–Trinajstić information content (AvgIpc) is 3.75. The van der Waals surface area contributed by atoms with E-state index in [2.05, 4.69) is 152 Å². The van der Waals surface area contributed by atoms with Crippen molar-refractivity contribution in [2.24, 2.45) is 0 Å². The van der Waals surface area contributed by atoms with E-state index in [4.69, 9.17) is 8.83 Å². The van der Waals surface area contributed by atoms with Gasteiger partial charge in [-0.05, 0) is 96.0 Å². The number of hydrogen-bond acceptors (Lipinski definition) is 2. The van der Waals surface area contributed by atoms with Gasteiger partial charge in [0, 0.05) is 21.5 Å². The molecule has 2 heteroatoms. The van der Waals surface area contributed by atoms with Gasteiger partial charge in [0.25, 0.3) is 0 Å². The second-order valence-electron chi connectivity index (χ2n) is 13.2. The topological polar surface area (TPSA) is 26.3 Å². The third-order valence-corrected chi connectivity index (χ3v) is 10.5. The second kappa shape index (κ2) is 10.4. The molecule has 0 amide bonds. The predicted octanol–water partition coefficient (Wildman–Crippen LogP) is 13.9. The Bertz CT molecular complexity index is 3080. The van der Waals surface area contributed by atoms with Gasteiger partial charge >= 0.3 is 0 Å². The summed E-state index contributed by atoms with van der Waals surface area (Å²) in [5, 5.41) is 11.8. The molecule has 232 valence electrons. The summed E-state index contributed by atoms with van der Waals surface area (Å²) < 4.78 is 12.8. The van der Waals surface area contributed by atoms with Gasteiger partial charge in [-0.1, -0.05) is 140 Å². The van der Waals surface area contributed by atoms with Crippen LogP contribution in [0.2, 0.25) is 0 Å². The van der Waals surface area contributed by atoms with Gasteiger partial charge in [0.05, 0.1) is 0 Å². The van der Waals surface area contributed by atoms with Gasteiger partial charge in [-0.25, -0.2) is 0 Å². The minimum Gasteiger partial charge on any atom is -0.452 e. The smallest absolute Gasteiger partial charge is 0.178 e. The molecular formula is C48H28O2. The molecule has 0 saturated carbocycles. The highest BCUT2D eigenvalue weighted by molar-refractivity contribution is 6.23. The molecule has 2 aromatic heterocycles. The van der Waals surface area contributed by atoms with Gasteiger partial charge in [-0.3, -0.25) is 0 Å². The van der Waals surface area contributed by atoms with E-state index in [0.717, 1.165) is 49.4 Å². The van der Waals surface area contributed by atoms with Crippen LogP contribution in [0.15, 0.2) is 179 Å². The number of rotatable bonds is 3. The van der Waals surface area contributed by atoms with E-state index in [1.807, 2.05) is 18.2 Å². The number of hydrogen-bond donors (Lipinski definition) is 0. The molecule has 0 aliphatic heterocycles. The lowest BCUT2D eigenvalue weighted by atomic mass is 9.85. The molecule has 0 radical (unpaired) electrons. The van der Waals surface area contributed by atoms with Crippen LogP contribution >= 0.6 is 0 Å². The highest BCUT2D eigenvalue weighted by Gasteiger charge is 2.20. The second-order valence-corrected chi connectivity index (χ2v) is 13.2. The largest absolute Gasteiger partial charge is 0.452 e. The molecule has 0 atom stereocenters. The average molecular weight is 637 g/mol. The monoisotopic (exact) mass is 636 g/mol. The van der Waals surface area contributed by atoms with Crippen LogP contribution in [0.4, 0.5) is 0 Å². The van der Waals surface area contributed by atoms with Crippen LogP contribution in [0.5, 0.6) is 0 Å². The maximum absolute atomic E-state index is 6.51. The Morgan fingerprint density at radius 2 is 0.760 bits per heavy atom. The fraction of sp³-hybridized carbons (Fsp3) is 0. The molecule has 0 unspecified atom stereocenters. The molecule has 11 rings (SSSR count). The van der Waals surface area contributed by atoms with Crippen LogP contribution < -0.4 is 0 Å². The zero-order chi connectivity index (χ0) is 32.8. The molecule has 0 saturated heterocycles. The van der Waals surface area contributed by atoms with E-state index < -0.39 is 0 Å². The highest BCUT2D eigenvalue weighted by atomic mass is 16.4. The van der Waals surface area contributed by atoms with Crippen LogP contribution in [0.25, 0.3) is 110 Å². The SMILES string of the molecule is c1ccc2c(-c3ccc(-c4c5ccccc5c(-c5ccc6oc7c(ccc8c9ccccc9oc87)c6c5)c5ccccc45)cc3)cccc2c1. The molecule has 50 heavy (non-hydrogen) atoms. The van der Waals surface area contributed by atoms with Crippen molar-refractivity contribution >= 4 is 76.2 Å². The van der Waals surface area contributed by atoms with Crippen LogP contribution in [-0.2, 0) is 0 Å². The van der Waals surface area contributed by atoms with Crippen molar-refractivity contribution in [3.63, 3.8) is 0 Å². The maximum Gasteiger partial charge on any atom is 0.178 e. The fourth-order valence-corrected chi connectivity index (χ4v) is 8.22. The van der Waals surface area contributed by atoms with E-state index in [1.54, 1.807) is 0 Å². The van der Waals surface area contributed by atoms with Crippen molar-refractivity contribution in [1.29, 1.82) is 0 Å². The first-order chi connectivity index (χ1) is 24.8. The van der Waals surface area contributed by atoms with Crippen LogP contribution in [0.3, 0.4) is 0 Å². The van der Waals surface area contributed by atoms with Crippen molar-refractivity contribution < 1.29 is 8.83 Å². The molecule has 0 N–H and O–H groups in total. The van der Waals surface area contributed by atoms with Crippen LogP contribution in [-0.4, -0.2) is 0 Å². The first-order valence-electron chi connectivity index (χ1n) is 17.1.